The number of carboxylic acid groups (broad SMARTS) is 1. The highest BCUT2D eigenvalue weighted by Crippen LogP contribution is 2.54. The Morgan fingerprint density at radius 1 is 1.35 bits per heavy atom. The number of aliphatic carboxylic acids is 1. The van der Waals surface area contributed by atoms with Crippen molar-refractivity contribution in [2.45, 2.75) is 31.7 Å². The van der Waals surface area contributed by atoms with E-state index in [1.165, 1.54) is 6.42 Å². The van der Waals surface area contributed by atoms with E-state index in [0.717, 1.165) is 30.4 Å². The molecule has 2 aliphatic carbocycles. The molecule has 0 aromatic heterocycles. The van der Waals surface area contributed by atoms with Gasteiger partial charge in [0.15, 0.2) is 0 Å². The van der Waals surface area contributed by atoms with Gasteiger partial charge >= 0.3 is 5.97 Å². The average Bonchev–Trinajstić information content (AvgIpc) is 2.90. The predicted molar refractivity (Wildman–Crippen MR) is 66.9 cm³/mol. The highest BCUT2D eigenvalue weighted by molar-refractivity contribution is 7.98. The summed E-state index contributed by atoms with van der Waals surface area (Å²) in [6.07, 6.45) is 5.64. The summed E-state index contributed by atoms with van der Waals surface area (Å²) < 4.78 is 0. The van der Waals surface area contributed by atoms with Gasteiger partial charge in [0.2, 0.25) is 5.91 Å². The zero-order valence-electron chi connectivity index (χ0n) is 10.0. The summed E-state index contributed by atoms with van der Waals surface area (Å²) >= 11 is 1.60. The van der Waals surface area contributed by atoms with Crippen molar-refractivity contribution < 1.29 is 14.7 Å². The highest BCUT2D eigenvalue weighted by Gasteiger charge is 2.48. The number of carbonyl (C=O) groups is 2. The molecule has 0 radical (unpaired) electrons. The third kappa shape index (κ3) is 3.15. The van der Waals surface area contributed by atoms with Gasteiger partial charge in [-0.05, 0) is 49.5 Å². The molecule has 3 atom stereocenters. The first kappa shape index (κ1) is 12.7. The molecule has 0 saturated heterocycles. The largest absolute Gasteiger partial charge is 0.480 e. The molecule has 4 nitrogen and oxygen atoms in total. The maximum Gasteiger partial charge on any atom is 0.326 e. The summed E-state index contributed by atoms with van der Waals surface area (Å²) in [7, 11) is 0. The normalized spacial score (nSPS) is 31.7. The van der Waals surface area contributed by atoms with Crippen molar-refractivity contribution in [1.29, 1.82) is 0 Å². The van der Waals surface area contributed by atoms with E-state index in [2.05, 4.69) is 5.32 Å². The Labute approximate surface area is 106 Å². The number of thioether (sulfide) groups is 1. The summed E-state index contributed by atoms with van der Waals surface area (Å²) in [5.74, 6) is 1.35. The van der Waals surface area contributed by atoms with Crippen molar-refractivity contribution in [3.05, 3.63) is 0 Å². The van der Waals surface area contributed by atoms with Gasteiger partial charge in [-0.2, -0.15) is 11.8 Å². The molecule has 0 aromatic carbocycles. The molecule has 2 fully saturated rings. The number of rotatable bonds is 6. The molecular formula is C12H19NO3S. The molecule has 0 heterocycles. The minimum Gasteiger partial charge on any atom is -0.480 e. The van der Waals surface area contributed by atoms with E-state index in [9.17, 15) is 9.59 Å². The molecule has 0 bridgehead atoms. The number of fused-ring (bicyclic) bond motifs is 1. The lowest BCUT2D eigenvalue weighted by Gasteiger charge is -2.17. The number of nitrogens with one attached hydrogen (secondary N) is 1. The molecule has 2 saturated carbocycles. The number of carboxylic acids is 1. The van der Waals surface area contributed by atoms with Gasteiger partial charge in [-0.25, -0.2) is 4.79 Å². The fraction of sp³-hybridized carbons (Fsp3) is 0.833. The monoisotopic (exact) mass is 257 g/mol. The maximum atomic E-state index is 11.9. The third-order valence-corrected chi connectivity index (χ3v) is 4.48. The van der Waals surface area contributed by atoms with Gasteiger partial charge in [-0.3, -0.25) is 4.79 Å². The van der Waals surface area contributed by atoms with Crippen LogP contribution in [0.15, 0.2) is 0 Å². The summed E-state index contributed by atoms with van der Waals surface area (Å²) in [6.45, 7) is 0. The van der Waals surface area contributed by atoms with E-state index >= 15 is 0 Å². The first-order valence-corrected chi connectivity index (χ1v) is 7.53. The van der Waals surface area contributed by atoms with Crippen molar-refractivity contribution in [2.24, 2.45) is 17.8 Å². The molecule has 0 aliphatic heterocycles. The van der Waals surface area contributed by atoms with Gasteiger partial charge in [0.25, 0.3) is 0 Å². The number of carbonyl (C=O) groups excluding carboxylic acids is 1. The quantitative estimate of drug-likeness (QED) is 0.754. The third-order valence-electron chi connectivity index (χ3n) is 3.84. The van der Waals surface area contributed by atoms with Crippen molar-refractivity contribution in [2.75, 3.05) is 12.0 Å². The molecule has 2 unspecified atom stereocenters. The van der Waals surface area contributed by atoms with Crippen molar-refractivity contribution in [3.8, 4) is 0 Å². The second-order valence-electron chi connectivity index (χ2n) is 5.11. The molecule has 0 aromatic rings. The number of hydrogen-bond donors (Lipinski definition) is 2. The smallest absolute Gasteiger partial charge is 0.326 e. The number of hydrogen-bond acceptors (Lipinski definition) is 3. The molecule has 2 aliphatic rings. The average molecular weight is 257 g/mol. The van der Waals surface area contributed by atoms with Crippen LogP contribution in [0.5, 0.6) is 0 Å². The lowest BCUT2D eigenvalue weighted by atomic mass is 10.0. The zero-order chi connectivity index (χ0) is 12.4. The Morgan fingerprint density at radius 3 is 2.53 bits per heavy atom. The van der Waals surface area contributed by atoms with Crippen LogP contribution in [0.2, 0.25) is 0 Å². The number of amides is 1. The fourth-order valence-corrected chi connectivity index (χ4v) is 3.18. The lowest BCUT2D eigenvalue weighted by Crippen LogP contribution is -2.43. The Hall–Kier alpha value is -0.710. The molecule has 96 valence electrons. The van der Waals surface area contributed by atoms with Crippen LogP contribution in [0.1, 0.15) is 25.7 Å². The highest BCUT2D eigenvalue weighted by atomic mass is 32.2. The molecular weight excluding hydrogens is 238 g/mol. The van der Waals surface area contributed by atoms with Gasteiger partial charge in [0, 0.05) is 5.92 Å². The zero-order valence-corrected chi connectivity index (χ0v) is 10.8. The van der Waals surface area contributed by atoms with Crippen LogP contribution in [0.3, 0.4) is 0 Å². The van der Waals surface area contributed by atoms with E-state index in [1.807, 2.05) is 6.26 Å². The summed E-state index contributed by atoms with van der Waals surface area (Å²) in [5.41, 5.74) is 0. The van der Waals surface area contributed by atoms with Crippen molar-refractivity contribution >= 4 is 23.6 Å². The molecule has 5 heteroatoms. The van der Waals surface area contributed by atoms with Crippen LogP contribution < -0.4 is 5.32 Å². The summed E-state index contributed by atoms with van der Waals surface area (Å²) in [4.78, 5) is 22.9. The van der Waals surface area contributed by atoms with Crippen LogP contribution in [-0.2, 0) is 9.59 Å². The second-order valence-corrected chi connectivity index (χ2v) is 6.09. The lowest BCUT2D eigenvalue weighted by molar-refractivity contribution is -0.142. The van der Waals surface area contributed by atoms with E-state index in [1.54, 1.807) is 11.8 Å². The summed E-state index contributed by atoms with van der Waals surface area (Å²) in [6, 6.07) is -0.716. The van der Waals surface area contributed by atoms with Crippen LogP contribution in [0.4, 0.5) is 0 Å². The minimum atomic E-state index is -0.921. The minimum absolute atomic E-state index is 0.0503. The Bertz CT molecular complexity index is 311. The van der Waals surface area contributed by atoms with Crippen molar-refractivity contribution in [3.63, 3.8) is 0 Å². The van der Waals surface area contributed by atoms with Gasteiger partial charge in [0.1, 0.15) is 6.04 Å². The van der Waals surface area contributed by atoms with Gasteiger partial charge in [-0.1, -0.05) is 0 Å². The molecule has 2 rings (SSSR count). The second kappa shape index (κ2) is 5.29. The Balaban J connectivity index is 1.80. The standard InChI is InChI=1S/C12H19NO3S/c1-17-3-2-10(12(15)16)13-11(14)9-5-7-4-8(7)6-9/h7-10H,2-6H2,1H3,(H,13,14)(H,15,16)/t7?,8?,9?,10-/m0/s1. The molecule has 0 spiro atoms. The van der Waals surface area contributed by atoms with Crippen LogP contribution in [-0.4, -0.2) is 35.0 Å². The topological polar surface area (TPSA) is 66.4 Å². The van der Waals surface area contributed by atoms with E-state index < -0.39 is 12.0 Å². The van der Waals surface area contributed by atoms with Crippen LogP contribution >= 0.6 is 11.8 Å². The maximum absolute atomic E-state index is 11.9. The van der Waals surface area contributed by atoms with Crippen LogP contribution in [0.25, 0.3) is 0 Å². The van der Waals surface area contributed by atoms with Gasteiger partial charge < -0.3 is 10.4 Å². The Morgan fingerprint density at radius 2 is 2.00 bits per heavy atom. The summed E-state index contributed by atoms with van der Waals surface area (Å²) in [5, 5.41) is 11.7. The van der Waals surface area contributed by atoms with E-state index in [-0.39, 0.29) is 11.8 Å². The van der Waals surface area contributed by atoms with Crippen LogP contribution in [0, 0.1) is 17.8 Å². The van der Waals surface area contributed by atoms with Gasteiger partial charge in [-0.15, -0.1) is 0 Å². The molecule has 1 amide bonds. The van der Waals surface area contributed by atoms with E-state index in [4.69, 9.17) is 5.11 Å². The van der Waals surface area contributed by atoms with Gasteiger partial charge in [0.05, 0.1) is 0 Å². The predicted octanol–water partition coefficient (Wildman–Crippen LogP) is 1.35. The fourth-order valence-electron chi connectivity index (χ4n) is 2.71. The first-order valence-electron chi connectivity index (χ1n) is 6.14. The first-order chi connectivity index (χ1) is 8.11. The SMILES string of the molecule is CSCC[C@H](NC(=O)C1CC2CC2C1)C(=O)O. The molecule has 2 N–H and O–H groups in total. The van der Waals surface area contributed by atoms with E-state index in [0.29, 0.717) is 6.42 Å². The molecule has 17 heavy (non-hydrogen) atoms. The Kier molecular flexibility index (Phi) is 3.97. The van der Waals surface area contributed by atoms with Crippen molar-refractivity contribution in [1.82, 2.24) is 5.32 Å².